The minimum atomic E-state index is -1.72. The van der Waals surface area contributed by atoms with Crippen LogP contribution in [-0.4, -0.2) is 49.7 Å². The van der Waals surface area contributed by atoms with Crippen LogP contribution in [0, 0.1) is 0 Å². The van der Waals surface area contributed by atoms with Crippen LogP contribution in [0.25, 0.3) is 10.9 Å². The maximum Gasteiger partial charge on any atom is 0.141 e. The van der Waals surface area contributed by atoms with Crippen molar-refractivity contribution in [2.45, 2.75) is 23.9 Å². The number of aromatic amines is 1. The number of pyridine rings is 1. The predicted octanol–water partition coefficient (Wildman–Crippen LogP) is -0.145. The molecule has 7 heteroatoms. The Morgan fingerprint density at radius 2 is 2.33 bits per heavy atom. The van der Waals surface area contributed by atoms with Crippen LogP contribution >= 0.6 is 0 Å². The van der Waals surface area contributed by atoms with Gasteiger partial charge in [-0.05, 0) is 6.07 Å². The number of aliphatic hydroxyl groups excluding tert-OH is 2. The smallest absolute Gasteiger partial charge is 0.141 e. The summed E-state index contributed by atoms with van der Waals surface area (Å²) in [5.74, 6) is 0.356. The van der Waals surface area contributed by atoms with E-state index in [0.29, 0.717) is 22.3 Å². The summed E-state index contributed by atoms with van der Waals surface area (Å²) in [6.07, 6.45) is 1.32. The highest BCUT2D eigenvalue weighted by atomic mass is 16.6. The van der Waals surface area contributed by atoms with Crippen LogP contribution in [0.5, 0.6) is 0 Å². The molecule has 7 nitrogen and oxygen atoms in total. The Morgan fingerprint density at radius 1 is 1.57 bits per heavy atom. The van der Waals surface area contributed by atoms with E-state index in [0.717, 1.165) is 0 Å². The molecular formula is C14H17N3O4. The van der Waals surface area contributed by atoms with Crippen LogP contribution < -0.4 is 5.73 Å². The van der Waals surface area contributed by atoms with Gasteiger partial charge in [-0.1, -0.05) is 6.08 Å². The number of anilines is 1. The lowest BCUT2D eigenvalue weighted by Gasteiger charge is -2.28. The number of rotatable bonds is 3. The molecular weight excluding hydrogens is 274 g/mol. The van der Waals surface area contributed by atoms with E-state index < -0.39 is 30.5 Å². The normalized spacial score (nSPS) is 32.6. The number of nitrogens with two attached hydrogens (primary N) is 1. The average Bonchev–Trinajstić information content (AvgIpc) is 3.07. The third kappa shape index (κ3) is 1.86. The summed E-state index contributed by atoms with van der Waals surface area (Å²) >= 11 is 0. The summed E-state index contributed by atoms with van der Waals surface area (Å²) in [5, 5.41) is 30.8. The van der Waals surface area contributed by atoms with Gasteiger partial charge in [0.1, 0.15) is 29.7 Å². The largest absolute Gasteiger partial charge is 0.394 e. The van der Waals surface area contributed by atoms with Gasteiger partial charge in [-0.3, -0.25) is 0 Å². The first-order chi connectivity index (χ1) is 10.0. The number of ether oxygens (including phenoxy) is 1. The Labute approximate surface area is 120 Å². The predicted molar refractivity (Wildman–Crippen MR) is 76.4 cm³/mol. The molecule has 0 unspecified atom stereocenters. The van der Waals surface area contributed by atoms with E-state index in [4.69, 9.17) is 10.5 Å². The molecule has 112 valence electrons. The standard InChI is InChI=1S/C14H17N3O4/c1-2-14(20)11(19)9(6-18)21-12(14)8-5-17-13(15)7-3-4-16-10(7)8/h2-5,9,11-12,16,18-20H,1,6H2,(H2,15,17)/t9-,11-,12+,14-/m1/s1. The van der Waals surface area contributed by atoms with Gasteiger partial charge in [0.05, 0.1) is 12.1 Å². The summed E-state index contributed by atoms with van der Waals surface area (Å²) in [4.78, 5) is 7.11. The highest BCUT2D eigenvalue weighted by Crippen LogP contribution is 2.44. The van der Waals surface area contributed by atoms with E-state index in [2.05, 4.69) is 16.5 Å². The van der Waals surface area contributed by atoms with Crippen molar-refractivity contribution in [3.05, 3.63) is 36.7 Å². The van der Waals surface area contributed by atoms with E-state index in [9.17, 15) is 15.3 Å². The van der Waals surface area contributed by atoms with Gasteiger partial charge in [-0.2, -0.15) is 0 Å². The van der Waals surface area contributed by atoms with Crippen molar-refractivity contribution in [1.29, 1.82) is 0 Å². The topological polar surface area (TPSA) is 125 Å². The molecule has 2 aromatic rings. The highest BCUT2D eigenvalue weighted by Gasteiger charge is 2.54. The first-order valence-corrected chi connectivity index (χ1v) is 6.54. The zero-order valence-corrected chi connectivity index (χ0v) is 11.2. The lowest BCUT2D eigenvalue weighted by atomic mass is 9.87. The fraction of sp³-hybridized carbons (Fsp3) is 0.357. The second kappa shape index (κ2) is 4.81. The second-order valence-electron chi connectivity index (χ2n) is 5.14. The van der Waals surface area contributed by atoms with Crippen molar-refractivity contribution in [2.75, 3.05) is 12.3 Å². The Balaban J connectivity index is 2.15. The molecule has 0 bridgehead atoms. The second-order valence-corrected chi connectivity index (χ2v) is 5.14. The van der Waals surface area contributed by atoms with Crippen LogP contribution in [0.4, 0.5) is 5.82 Å². The molecule has 3 heterocycles. The Kier molecular flexibility index (Phi) is 3.22. The first kappa shape index (κ1) is 14.0. The maximum absolute atomic E-state index is 10.7. The Hall–Kier alpha value is -1.93. The molecule has 3 rings (SSSR count). The number of aromatic nitrogens is 2. The monoisotopic (exact) mass is 291 g/mol. The van der Waals surface area contributed by atoms with E-state index in [1.165, 1.54) is 12.3 Å². The van der Waals surface area contributed by atoms with Gasteiger partial charge in [-0.15, -0.1) is 6.58 Å². The van der Waals surface area contributed by atoms with Gasteiger partial charge in [0.15, 0.2) is 0 Å². The summed E-state index contributed by atoms with van der Waals surface area (Å²) in [5.41, 5.74) is 5.29. The first-order valence-electron chi connectivity index (χ1n) is 6.54. The number of H-pyrrole nitrogens is 1. The molecule has 1 saturated heterocycles. The average molecular weight is 291 g/mol. The van der Waals surface area contributed by atoms with Crippen LogP contribution in [0.15, 0.2) is 31.1 Å². The van der Waals surface area contributed by atoms with Crippen LogP contribution in [0.3, 0.4) is 0 Å². The molecule has 0 spiro atoms. The van der Waals surface area contributed by atoms with Gasteiger partial charge in [-0.25, -0.2) is 4.98 Å². The zero-order valence-electron chi connectivity index (χ0n) is 11.2. The minimum absolute atomic E-state index is 0.356. The SMILES string of the molecule is C=C[C@@]1(O)[C@H](O)[C@@H](CO)O[C@H]1c1cnc(N)c2cc[nH]c12. The van der Waals surface area contributed by atoms with Crippen molar-refractivity contribution >= 4 is 16.7 Å². The molecule has 4 atom stereocenters. The van der Waals surface area contributed by atoms with Crippen molar-refractivity contribution in [3.63, 3.8) is 0 Å². The van der Waals surface area contributed by atoms with Crippen LogP contribution in [0.1, 0.15) is 11.7 Å². The molecule has 0 radical (unpaired) electrons. The molecule has 1 fully saturated rings. The van der Waals surface area contributed by atoms with E-state index >= 15 is 0 Å². The quantitative estimate of drug-likeness (QED) is 0.501. The summed E-state index contributed by atoms with van der Waals surface area (Å²) in [7, 11) is 0. The van der Waals surface area contributed by atoms with Gasteiger partial charge in [0, 0.05) is 23.3 Å². The fourth-order valence-corrected chi connectivity index (χ4v) is 2.80. The summed E-state index contributed by atoms with van der Waals surface area (Å²) < 4.78 is 5.61. The number of nitrogen functional groups attached to an aromatic ring is 1. The summed E-state index contributed by atoms with van der Waals surface area (Å²) in [6, 6.07) is 1.77. The molecule has 1 aliphatic heterocycles. The lowest BCUT2D eigenvalue weighted by Crippen LogP contribution is -2.44. The number of aliphatic hydroxyl groups is 3. The molecule has 0 amide bonds. The number of hydrogen-bond donors (Lipinski definition) is 5. The number of hydrogen-bond acceptors (Lipinski definition) is 6. The van der Waals surface area contributed by atoms with Gasteiger partial charge in [0.2, 0.25) is 0 Å². The molecule has 2 aromatic heterocycles. The fourth-order valence-electron chi connectivity index (χ4n) is 2.80. The van der Waals surface area contributed by atoms with Crippen molar-refractivity contribution < 1.29 is 20.1 Å². The van der Waals surface area contributed by atoms with Gasteiger partial charge in [0.25, 0.3) is 0 Å². The Bertz CT molecular complexity index is 686. The lowest BCUT2D eigenvalue weighted by molar-refractivity contribution is -0.0406. The molecule has 0 aromatic carbocycles. The van der Waals surface area contributed by atoms with E-state index in [1.807, 2.05) is 0 Å². The number of nitrogens with zero attached hydrogens (tertiary/aromatic N) is 1. The third-order valence-electron chi connectivity index (χ3n) is 4.00. The highest BCUT2D eigenvalue weighted by molar-refractivity contribution is 5.91. The van der Waals surface area contributed by atoms with E-state index in [1.54, 1.807) is 12.3 Å². The van der Waals surface area contributed by atoms with E-state index in [-0.39, 0.29) is 0 Å². The van der Waals surface area contributed by atoms with Crippen LogP contribution in [0.2, 0.25) is 0 Å². The molecule has 0 aliphatic carbocycles. The minimum Gasteiger partial charge on any atom is -0.394 e. The number of fused-ring (bicyclic) bond motifs is 1. The zero-order chi connectivity index (χ0) is 15.2. The summed E-state index contributed by atoms with van der Waals surface area (Å²) in [6.45, 7) is 3.16. The molecule has 0 saturated carbocycles. The molecule has 6 N–H and O–H groups in total. The Morgan fingerprint density at radius 3 is 3.00 bits per heavy atom. The molecule has 21 heavy (non-hydrogen) atoms. The number of nitrogens with one attached hydrogen (secondary N) is 1. The maximum atomic E-state index is 10.7. The van der Waals surface area contributed by atoms with Gasteiger partial charge < -0.3 is 30.8 Å². The third-order valence-corrected chi connectivity index (χ3v) is 4.00. The molecule has 1 aliphatic rings. The van der Waals surface area contributed by atoms with Gasteiger partial charge >= 0.3 is 0 Å². The van der Waals surface area contributed by atoms with Crippen LogP contribution in [-0.2, 0) is 4.74 Å². The van der Waals surface area contributed by atoms with Crippen molar-refractivity contribution in [2.24, 2.45) is 0 Å². The van der Waals surface area contributed by atoms with Crippen molar-refractivity contribution in [3.8, 4) is 0 Å². The van der Waals surface area contributed by atoms with Crippen molar-refractivity contribution in [1.82, 2.24) is 9.97 Å².